The molecule has 2 rings (SSSR count). The third-order valence-corrected chi connectivity index (χ3v) is 6.25. The van der Waals surface area contributed by atoms with Crippen molar-refractivity contribution in [3.8, 4) is 0 Å². The Bertz CT molecular complexity index is 666. The largest absolute Gasteiger partial charge is 0.369 e. The van der Waals surface area contributed by atoms with E-state index in [-0.39, 0.29) is 0 Å². The number of hydrogen-bond donors (Lipinski definition) is 1. The lowest BCUT2D eigenvalue weighted by Gasteiger charge is -2.26. The number of rotatable bonds is 17. The summed E-state index contributed by atoms with van der Waals surface area (Å²) in [4.78, 5) is 14.2. The highest BCUT2D eigenvalue weighted by Crippen LogP contribution is 2.18. The van der Waals surface area contributed by atoms with Gasteiger partial charge in [0.15, 0.2) is 5.96 Å². The van der Waals surface area contributed by atoms with E-state index >= 15 is 0 Å². The summed E-state index contributed by atoms with van der Waals surface area (Å²) >= 11 is 0. The predicted octanol–water partition coefficient (Wildman–Crippen LogP) is 7.11. The second kappa shape index (κ2) is 17.4. The second-order valence-electron chi connectivity index (χ2n) is 9.37. The van der Waals surface area contributed by atoms with Gasteiger partial charge in [-0.3, -0.25) is 9.89 Å². The quantitative estimate of drug-likeness (QED) is 0.118. The number of para-hydroxylation sites is 1. The van der Waals surface area contributed by atoms with E-state index < -0.39 is 0 Å². The fraction of sp³-hybridized carbons (Fsp3) is 0.714. The molecule has 1 saturated heterocycles. The molecule has 1 aromatic rings. The van der Waals surface area contributed by atoms with Crippen LogP contribution in [-0.2, 0) is 0 Å². The summed E-state index contributed by atoms with van der Waals surface area (Å²) in [6.07, 6.45) is 18.1. The van der Waals surface area contributed by atoms with Crippen LogP contribution in [0.2, 0.25) is 0 Å². The van der Waals surface area contributed by atoms with Crippen LogP contribution in [0.25, 0.3) is 0 Å². The first-order valence-corrected chi connectivity index (χ1v) is 13.7. The molecule has 0 aliphatic carbocycles. The van der Waals surface area contributed by atoms with E-state index in [9.17, 15) is 0 Å². The molecule has 5 nitrogen and oxygen atoms in total. The molecular formula is C28H49N5. The lowest BCUT2D eigenvalue weighted by Crippen LogP contribution is -2.46. The molecule has 1 aliphatic heterocycles. The van der Waals surface area contributed by atoms with Gasteiger partial charge in [-0.2, -0.15) is 0 Å². The van der Waals surface area contributed by atoms with Crippen LogP contribution in [0.3, 0.4) is 0 Å². The van der Waals surface area contributed by atoms with Crippen LogP contribution in [0.5, 0.6) is 0 Å². The molecule has 2 N–H and O–H groups in total. The highest BCUT2D eigenvalue weighted by atomic mass is 15.5. The van der Waals surface area contributed by atoms with E-state index in [0.29, 0.717) is 5.96 Å². The van der Waals surface area contributed by atoms with Crippen molar-refractivity contribution in [3.05, 3.63) is 30.3 Å². The zero-order valence-corrected chi connectivity index (χ0v) is 21.5. The number of guanidine groups is 2. The first-order valence-electron chi connectivity index (χ1n) is 13.7. The average molecular weight is 456 g/mol. The van der Waals surface area contributed by atoms with Gasteiger partial charge >= 0.3 is 0 Å². The molecule has 33 heavy (non-hydrogen) atoms. The normalized spacial score (nSPS) is 14.1. The van der Waals surface area contributed by atoms with Gasteiger partial charge in [-0.15, -0.1) is 0 Å². The Morgan fingerprint density at radius 1 is 0.788 bits per heavy atom. The molecule has 186 valence electrons. The summed E-state index contributed by atoms with van der Waals surface area (Å²) in [6.45, 7) is 8.33. The van der Waals surface area contributed by atoms with Crippen molar-refractivity contribution in [3.63, 3.8) is 0 Å². The number of nitrogens with zero attached hydrogens (tertiary/aromatic N) is 4. The molecule has 0 radical (unpaired) electrons. The van der Waals surface area contributed by atoms with Crippen LogP contribution in [-0.4, -0.2) is 47.9 Å². The Labute approximate surface area is 203 Å². The van der Waals surface area contributed by atoms with Crippen molar-refractivity contribution >= 4 is 17.6 Å². The van der Waals surface area contributed by atoms with Crippen LogP contribution in [0.15, 0.2) is 40.3 Å². The second-order valence-corrected chi connectivity index (χ2v) is 9.37. The zero-order chi connectivity index (χ0) is 23.6. The minimum Gasteiger partial charge on any atom is -0.369 e. The Morgan fingerprint density at radius 3 is 1.91 bits per heavy atom. The summed E-state index contributed by atoms with van der Waals surface area (Å²) in [7, 11) is 0. The zero-order valence-electron chi connectivity index (χ0n) is 21.5. The first kappa shape index (κ1) is 27.2. The monoisotopic (exact) mass is 455 g/mol. The van der Waals surface area contributed by atoms with Crippen LogP contribution < -0.4 is 5.73 Å². The number of hydrogen-bond acceptors (Lipinski definition) is 2. The smallest absolute Gasteiger partial charge is 0.208 e. The van der Waals surface area contributed by atoms with Gasteiger partial charge < -0.3 is 10.6 Å². The molecule has 0 atom stereocenters. The molecule has 1 fully saturated rings. The van der Waals surface area contributed by atoms with Gasteiger partial charge in [0.25, 0.3) is 0 Å². The number of unbranched alkanes of at least 4 members (excludes halogenated alkanes) is 12. The van der Waals surface area contributed by atoms with Crippen molar-refractivity contribution in [2.45, 2.75) is 104 Å². The van der Waals surface area contributed by atoms with Crippen LogP contribution >= 0.6 is 0 Å². The van der Waals surface area contributed by atoms with E-state index in [0.717, 1.165) is 50.7 Å². The number of nitrogens with two attached hydrogens (primary N) is 1. The van der Waals surface area contributed by atoms with Gasteiger partial charge in [0, 0.05) is 26.2 Å². The molecule has 5 heteroatoms. The Kier molecular flexibility index (Phi) is 14.4. The number of benzene rings is 1. The molecular weight excluding hydrogens is 406 g/mol. The van der Waals surface area contributed by atoms with Crippen molar-refractivity contribution in [2.75, 3.05) is 26.2 Å². The first-order chi connectivity index (χ1) is 16.3. The van der Waals surface area contributed by atoms with Gasteiger partial charge in [-0.05, 0) is 25.0 Å². The summed E-state index contributed by atoms with van der Waals surface area (Å²) in [5.41, 5.74) is 7.54. The molecule has 0 unspecified atom stereocenters. The summed E-state index contributed by atoms with van der Waals surface area (Å²) < 4.78 is 0. The molecule has 0 amide bonds. The fourth-order valence-electron chi connectivity index (χ4n) is 4.06. The topological polar surface area (TPSA) is 57.0 Å². The molecule has 0 bridgehead atoms. The van der Waals surface area contributed by atoms with E-state index in [4.69, 9.17) is 15.7 Å². The molecule has 0 aromatic heterocycles. The highest BCUT2D eigenvalue weighted by Gasteiger charge is 2.28. The Morgan fingerprint density at radius 2 is 1.33 bits per heavy atom. The summed E-state index contributed by atoms with van der Waals surface area (Å²) in [5.74, 6) is 1.60. The van der Waals surface area contributed by atoms with Gasteiger partial charge in [0.05, 0.1) is 5.69 Å². The van der Waals surface area contributed by atoms with E-state index in [2.05, 4.69) is 35.8 Å². The average Bonchev–Trinajstić information content (AvgIpc) is 3.67. The third-order valence-electron chi connectivity index (χ3n) is 6.25. The van der Waals surface area contributed by atoms with Gasteiger partial charge in [-0.25, -0.2) is 4.99 Å². The minimum atomic E-state index is 0.633. The van der Waals surface area contributed by atoms with Gasteiger partial charge in [0.1, 0.15) is 0 Å². The van der Waals surface area contributed by atoms with Crippen LogP contribution in [0.1, 0.15) is 104 Å². The lowest BCUT2D eigenvalue weighted by atomic mass is 10.1. The standard InChI is InChI=1S/C28H49N5/c1-3-5-7-9-11-13-18-22-30-27(29)33(23-19-14-12-10-8-6-4-2)28(32-24-25-32)31-26-20-16-15-17-21-26/h15-17,20-21H,3-14,18-19,22-25H2,1-2H3,(H2,29,30). The molecule has 1 heterocycles. The van der Waals surface area contributed by atoms with Crippen LogP contribution in [0.4, 0.5) is 5.69 Å². The van der Waals surface area contributed by atoms with Crippen molar-refractivity contribution in [1.29, 1.82) is 0 Å². The maximum Gasteiger partial charge on any atom is 0.208 e. The van der Waals surface area contributed by atoms with Gasteiger partial charge in [-0.1, -0.05) is 109 Å². The molecule has 1 aromatic carbocycles. The molecule has 0 saturated carbocycles. The van der Waals surface area contributed by atoms with E-state index in [1.165, 1.54) is 77.0 Å². The molecule has 1 aliphatic rings. The maximum absolute atomic E-state index is 6.57. The Hall–Kier alpha value is -2.04. The lowest BCUT2D eigenvalue weighted by molar-refractivity contribution is 0.492. The molecule has 0 spiro atoms. The minimum absolute atomic E-state index is 0.633. The third kappa shape index (κ3) is 12.1. The van der Waals surface area contributed by atoms with Crippen molar-refractivity contribution < 1.29 is 0 Å². The van der Waals surface area contributed by atoms with Gasteiger partial charge in [0.2, 0.25) is 5.96 Å². The van der Waals surface area contributed by atoms with Crippen LogP contribution in [0, 0.1) is 0 Å². The fourth-order valence-corrected chi connectivity index (χ4v) is 4.06. The SMILES string of the molecule is CCCCCCCCCN=C(N)N(CCCCCCCCC)C(=Nc1ccccc1)N1CC1. The summed E-state index contributed by atoms with van der Waals surface area (Å²) in [6, 6.07) is 10.2. The summed E-state index contributed by atoms with van der Waals surface area (Å²) in [5, 5.41) is 0. The number of aliphatic imine (C=N–C) groups is 2. The Balaban J connectivity index is 1.93. The van der Waals surface area contributed by atoms with E-state index in [1.807, 2.05) is 18.2 Å². The van der Waals surface area contributed by atoms with Crippen molar-refractivity contribution in [1.82, 2.24) is 9.80 Å². The predicted molar refractivity (Wildman–Crippen MR) is 144 cm³/mol. The maximum atomic E-state index is 6.57. The van der Waals surface area contributed by atoms with Crippen molar-refractivity contribution in [2.24, 2.45) is 15.7 Å². The van der Waals surface area contributed by atoms with E-state index in [1.54, 1.807) is 0 Å². The highest BCUT2D eigenvalue weighted by molar-refractivity contribution is 5.99.